The zero-order chi connectivity index (χ0) is 13.4. The quantitative estimate of drug-likeness (QED) is 0.675. The van der Waals surface area contributed by atoms with Gasteiger partial charge in [-0.2, -0.15) is 5.10 Å². The Morgan fingerprint density at radius 3 is 2.79 bits per heavy atom. The van der Waals surface area contributed by atoms with Gasteiger partial charge in [0.05, 0.1) is 7.11 Å². The number of aryl methyl sites for hydroxylation is 1. The van der Waals surface area contributed by atoms with E-state index in [0.717, 1.165) is 5.39 Å². The average molecular weight is 256 g/mol. The van der Waals surface area contributed by atoms with Crippen molar-refractivity contribution in [3.05, 3.63) is 47.9 Å². The van der Waals surface area contributed by atoms with E-state index in [0.29, 0.717) is 17.2 Å². The standard InChI is InChI=1S/C14H12N2O3/c1-16-13(18-2)8-10(15-16)14(17)12-7-9-5-3-4-6-11(9)19-12/h3-8H,1-2H3. The Kier molecular flexibility index (Phi) is 2.59. The van der Waals surface area contributed by atoms with E-state index in [1.807, 2.05) is 24.3 Å². The first-order valence-electron chi connectivity index (χ1n) is 5.80. The van der Waals surface area contributed by atoms with Crippen molar-refractivity contribution in [2.75, 3.05) is 7.11 Å². The number of nitrogens with zero attached hydrogens (tertiary/aromatic N) is 2. The summed E-state index contributed by atoms with van der Waals surface area (Å²) in [6.07, 6.45) is 0. The molecule has 0 N–H and O–H groups in total. The maximum Gasteiger partial charge on any atom is 0.248 e. The maximum atomic E-state index is 12.3. The lowest BCUT2D eigenvalue weighted by atomic mass is 10.2. The van der Waals surface area contributed by atoms with Gasteiger partial charge in [-0.25, -0.2) is 4.68 Å². The van der Waals surface area contributed by atoms with E-state index in [2.05, 4.69) is 5.10 Å². The van der Waals surface area contributed by atoms with Crippen LogP contribution < -0.4 is 4.74 Å². The second-order valence-electron chi connectivity index (χ2n) is 4.17. The highest BCUT2D eigenvalue weighted by Gasteiger charge is 2.19. The van der Waals surface area contributed by atoms with E-state index in [4.69, 9.17) is 9.15 Å². The molecule has 0 aliphatic carbocycles. The molecule has 0 radical (unpaired) electrons. The van der Waals surface area contributed by atoms with Gasteiger partial charge in [0.15, 0.2) is 5.76 Å². The van der Waals surface area contributed by atoms with Gasteiger partial charge in [-0.15, -0.1) is 0 Å². The molecule has 1 aromatic carbocycles. The zero-order valence-electron chi connectivity index (χ0n) is 10.6. The van der Waals surface area contributed by atoms with Crippen LogP contribution in [0.5, 0.6) is 5.88 Å². The number of benzene rings is 1. The number of rotatable bonds is 3. The van der Waals surface area contributed by atoms with Crippen molar-refractivity contribution < 1.29 is 13.9 Å². The van der Waals surface area contributed by atoms with Crippen molar-refractivity contribution in [3.8, 4) is 5.88 Å². The molecule has 96 valence electrons. The second kappa shape index (κ2) is 4.28. The predicted molar refractivity (Wildman–Crippen MR) is 69.4 cm³/mol. The molecule has 19 heavy (non-hydrogen) atoms. The lowest BCUT2D eigenvalue weighted by Crippen LogP contribution is -2.02. The minimum atomic E-state index is -0.255. The molecule has 0 fully saturated rings. The lowest BCUT2D eigenvalue weighted by Gasteiger charge is -1.95. The summed E-state index contributed by atoms with van der Waals surface area (Å²) in [6.45, 7) is 0. The highest BCUT2D eigenvalue weighted by Crippen LogP contribution is 2.22. The molecule has 3 aromatic rings. The molecule has 0 saturated heterocycles. The van der Waals surface area contributed by atoms with E-state index in [1.165, 1.54) is 11.8 Å². The van der Waals surface area contributed by atoms with E-state index in [9.17, 15) is 4.79 Å². The van der Waals surface area contributed by atoms with Gasteiger partial charge in [0.25, 0.3) is 0 Å². The Bertz CT molecular complexity index is 722. The summed E-state index contributed by atoms with van der Waals surface area (Å²) in [5.41, 5.74) is 0.993. The fraction of sp³-hybridized carbons (Fsp3) is 0.143. The van der Waals surface area contributed by atoms with Crippen LogP contribution >= 0.6 is 0 Å². The van der Waals surface area contributed by atoms with Crippen LogP contribution in [0.2, 0.25) is 0 Å². The van der Waals surface area contributed by atoms with Crippen LogP contribution in [0.4, 0.5) is 0 Å². The number of fused-ring (bicyclic) bond motifs is 1. The summed E-state index contributed by atoms with van der Waals surface area (Å²) in [6, 6.07) is 10.8. The summed E-state index contributed by atoms with van der Waals surface area (Å²) < 4.78 is 12.1. The van der Waals surface area contributed by atoms with Crippen LogP contribution in [0.25, 0.3) is 11.0 Å². The molecule has 3 rings (SSSR count). The number of hydrogen-bond donors (Lipinski definition) is 0. The van der Waals surface area contributed by atoms with Crippen molar-refractivity contribution in [1.82, 2.24) is 9.78 Å². The Hall–Kier alpha value is -2.56. The third-order valence-electron chi connectivity index (χ3n) is 2.93. The normalized spacial score (nSPS) is 10.8. The minimum absolute atomic E-state index is 0.255. The molecule has 0 bridgehead atoms. The lowest BCUT2D eigenvalue weighted by molar-refractivity contribution is 0.101. The van der Waals surface area contributed by atoms with Crippen LogP contribution in [-0.2, 0) is 7.05 Å². The third kappa shape index (κ3) is 1.89. The van der Waals surface area contributed by atoms with Crippen LogP contribution in [0, 0.1) is 0 Å². The summed E-state index contributed by atoms with van der Waals surface area (Å²) in [4.78, 5) is 12.3. The molecule has 0 amide bonds. The first-order valence-corrected chi connectivity index (χ1v) is 5.80. The van der Waals surface area contributed by atoms with Crippen LogP contribution in [0.3, 0.4) is 0 Å². The summed E-state index contributed by atoms with van der Waals surface area (Å²) in [5, 5.41) is 5.01. The fourth-order valence-electron chi connectivity index (χ4n) is 1.97. The topological polar surface area (TPSA) is 57.3 Å². The van der Waals surface area contributed by atoms with Gasteiger partial charge in [0.1, 0.15) is 11.3 Å². The van der Waals surface area contributed by atoms with Crippen molar-refractivity contribution in [2.24, 2.45) is 7.05 Å². The molecule has 0 atom stereocenters. The smallest absolute Gasteiger partial charge is 0.248 e. The number of para-hydroxylation sites is 1. The van der Waals surface area contributed by atoms with Gasteiger partial charge >= 0.3 is 0 Å². The number of aromatic nitrogens is 2. The molecule has 2 aromatic heterocycles. The van der Waals surface area contributed by atoms with Gasteiger partial charge in [0, 0.05) is 18.5 Å². The maximum absolute atomic E-state index is 12.3. The monoisotopic (exact) mass is 256 g/mol. The first kappa shape index (κ1) is 11.5. The first-order chi connectivity index (χ1) is 9.19. The number of furan rings is 1. The van der Waals surface area contributed by atoms with Crippen LogP contribution in [0.15, 0.2) is 40.8 Å². The summed E-state index contributed by atoms with van der Waals surface area (Å²) >= 11 is 0. The number of ether oxygens (including phenoxy) is 1. The van der Waals surface area contributed by atoms with Gasteiger partial charge in [-0.05, 0) is 12.1 Å². The molecular formula is C14H12N2O3. The highest BCUT2D eigenvalue weighted by molar-refractivity contribution is 6.07. The van der Waals surface area contributed by atoms with Crippen molar-refractivity contribution in [2.45, 2.75) is 0 Å². The predicted octanol–water partition coefficient (Wildman–Crippen LogP) is 2.41. The Balaban J connectivity index is 2.02. The molecule has 0 spiro atoms. The molecule has 0 saturated carbocycles. The van der Waals surface area contributed by atoms with Gasteiger partial charge in [0.2, 0.25) is 11.7 Å². The largest absolute Gasteiger partial charge is 0.481 e. The Morgan fingerprint density at radius 1 is 1.32 bits per heavy atom. The van der Waals surface area contributed by atoms with E-state index in [1.54, 1.807) is 19.2 Å². The van der Waals surface area contributed by atoms with Crippen LogP contribution in [0.1, 0.15) is 16.2 Å². The number of ketones is 1. The van der Waals surface area contributed by atoms with Crippen molar-refractivity contribution >= 4 is 16.8 Å². The molecule has 5 nitrogen and oxygen atoms in total. The Morgan fingerprint density at radius 2 is 2.11 bits per heavy atom. The Labute approximate surface area is 109 Å². The second-order valence-corrected chi connectivity index (χ2v) is 4.17. The number of hydrogen-bond acceptors (Lipinski definition) is 4. The number of carbonyl (C=O) groups is 1. The third-order valence-corrected chi connectivity index (χ3v) is 2.93. The van der Waals surface area contributed by atoms with E-state index >= 15 is 0 Å². The number of methoxy groups -OCH3 is 1. The van der Waals surface area contributed by atoms with Gasteiger partial charge in [-0.3, -0.25) is 4.79 Å². The van der Waals surface area contributed by atoms with Gasteiger partial charge < -0.3 is 9.15 Å². The fourth-order valence-corrected chi connectivity index (χ4v) is 1.97. The highest BCUT2D eigenvalue weighted by atomic mass is 16.5. The summed E-state index contributed by atoms with van der Waals surface area (Å²) in [5.74, 6) is 0.552. The zero-order valence-corrected chi connectivity index (χ0v) is 10.6. The van der Waals surface area contributed by atoms with E-state index in [-0.39, 0.29) is 11.5 Å². The molecule has 0 aliphatic heterocycles. The molecular weight excluding hydrogens is 244 g/mol. The molecule has 0 aliphatic rings. The molecule has 0 unspecified atom stereocenters. The summed E-state index contributed by atoms with van der Waals surface area (Å²) in [7, 11) is 3.25. The molecule has 2 heterocycles. The van der Waals surface area contributed by atoms with Gasteiger partial charge in [-0.1, -0.05) is 18.2 Å². The number of carbonyl (C=O) groups excluding carboxylic acids is 1. The van der Waals surface area contributed by atoms with Crippen molar-refractivity contribution in [3.63, 3.8) is 0 Å². The van der Waals surface area contributed by atoms with Crippen LogP contribution in [-0.4, -0.2) is 22.7 Å². The molecule has 5 heteroatoms. The minimum Gasteiger partial charge on any atom is -0.481 e. The van der Waals surface area contributed by atoms with Crippen molar-refractivity contribution in [1.29, 1.82) is 0 Å². The average Bonchev–Trinajstić information content (AvgIpc) is 3.00. The SMILES string of the molecule is COc1cc(C(=O)c2cc3ccccc3o2)nn1C. The van der Waals surface area contributed by atoms with E-state index < -0.39 is 0 Å².